The molecule has 2 rings (SSSR count). The van der Waals surface area contributed by atoms with Crippen molar-refractivity contribution in [1.29, 1.82) is 5.26 Å². The summed E-state index contributed by atoms with van der Waals surface area (Å²) >= 11 is 0. The van der Waals surface area contributed by atoms with Gasteiger partial charge in [-0.3, -0.25) is 9.40 Å². The van der Waals surface area contributed by atoms with Crippen LogP contribution in [-0.2, 0) is 16.6 Å². The van der Waals surface area contributed by atoms with E-state index in [1.54, 1.807) is 0 Å². The number of nitrogens with zero attached hydrogens (tertiary/aromatic N) is 3. The Bertz CT molecular complexity index is 781. The second kappa shape index (κ2) is 5.88. The molecule has 1 N–H and O–H groups in total. The average Bonchev–Trinajstić information content (AvgIpc) is 2.84. The predicted octanol–water partition coefficient (Wildman–Crippen LogP) is 1.82. The van der Waals surface area contributed by atoms with Gasteiger partial charge in [-0.15, -0.1) is 0 Å². The summed E-state index contributed by atoms with van der Waals surface area (Å²) in [4.78, 5) is -0.107. The number of hydrogen-bond acceptors (Lipinski definition) is 4. The van der Waals surface area contributed by atoms with Gasteiger partial charge >= 0.3 is 0 Å². The monoisotopic (exact) mass is 312 g/mol. The number of alkyl halides is 2. The maximum absolute atomic E-state index is 12.2. The molecule has 0 bridgehead atoms. The molecular formula is C12H10F2N4O2S. The van der Waals surface area contributed by atoms with Gasteiger partial charge in [-0.05, 0) is 18.2 Å². The second-order valence-electron chi connectivity index (χ2n) is 4.06. The third-order valence-electron chi connectivity index (χ3n) is 2.48. The fraction of sp³-hybridized carbons (Fsp3) is 0.167. The number of aromatic nitrogens is 2. The van der Waals surface area contributed by atoms with E-state index < -0.39 is 23.0 Å². The normalized spacial score (nSPS) is 11.3. The van der Waals surface area contributed by atoms with E-state index in [1.165, 1.54) is 36.5 Å². The molecule has 0 unspecified atom stereocenters. The van der Waals surface area contributed by atoms with E-state index in [2.05, 4.69) is 9.82 Å². The molecule has 0 aliphatic heterocycles. The van der Waals surface area contributed by atoms with Gasteiger partial charge in [0.2, 0.25) is 0 Å². The number of rotatable bonds is 5. The molecule has 1 aromatic carbocycles. The highest BCUT2D eigenvalue weighted by atomic mass is 32.2. The van der Waals surface area contributed by atoms with Crippen molar-refractivity contribution < 1.29 is 17.2 Å². The Morgan fingerprint density at radius 2 is 2.14 bits per heavy atom. The lowest BCUT2D eigenvalue weighted by Gasteiger charge is -2.05. The molecule has 0 atom stereocenters. The van der Waals surface area contributed by atoms with E-state index >= 15 is 0 Å². The summed E-state index contributed by atoms with van der Waals surface area (Å²) in [7, 11) is -3.93. The van der Waals surface area contributed by atoms with Crippen LogP contribution in [0.1, 0.15) is 5.56 Å². The summed E-state index contributed by atoms with van der Waals surface area (Å²) in [6.45, 7) is -0.619. The van der Waals surface area contributed by atoms with E-state index in [-0.39, 0.29) is 16.3 Å². The minimum Gasteiger partial charge on any atom is -0.265 e. The summed E-state index contributed by atoms with van der Waals surface area (Å²) in [5.41, 5.74) is 0.195. The number of anilines is 1. The minimum atomic E-state index is -3.93. The Labute approximate surface area is 119 Å². The number of sulfonamides is 1. The largest absolute Gasteiger partial charge is 0.265 e. The molecule has 0 aliphatic rings. The molecule has 2 aromatic rings. The molecule has 6 nitrogen and oxygen atoms in total. The first-order valence-corrected chi connectivity index (χ1v) is 7.23. The van der Waals surface area contributed by atoms with Crippen molar-refractivity contribution in [3.05, 3.63) is 42.1 Å². The molecule has 0 radical (unpaired) electrons. The van der Waals surface area contributed by atoms with Gasteiger partial charge in [-0.1, -0.05) is 6.07 Å². The van der Waals surface area contributed by atoms with Crippen LogP contribution in [-0.4, -0.2) is 24.6 Å². The van der Waals surface area contributed by atoms with Crippen molar-refractivity contribution in [3.8, 4) is 6.07 Å². The van der Waals surface area contributed by atoms with Crippen molar-refractivity contribution in [2.45, 2.75) is 17.9 Å². The number of hydrogen-bond donors (Lipinski definition) is 1. The van der Waals surface area contributed by atoms with Gasteiger partial charge in [0, 0.05) is 12.3 Å². The van der Waals surface area contributed by atoms with Gasteiger partial charge in [0.05, 0.1) is 16.5 Å². The van der Waals surface area contributed by atoms with Gasteiger partial charge in [0.25, 0.3) is 16.4 Å². The van der Waals surface area contributed by atoms with Crippen molar-refractivity contribution in [3.63, 3.8) is 0 Å². The van der Waals surface area contributed by atoms with Gasteiger partial charge in [-0.25, -0.2) is 17.2 Å². The SMILES string of the molecule is N#Cc1cccc(S(=O)(=O)Nc2ccn(CC(F)F)n2)c1. The first-order chi connectivity index (χ1) is 9.90. The molecule has 21 heavy (non-hydrogen) atoms. The molecular weight excluding hydrogens is 302 g/mol. The van der Waals surface area contributed by atoms with Crippen LogP contribution in [0.4, 0.5) is 14.6 Å². The topological polar surface area (TPSA) is 87.8 Å². The Morgan fingerprint density at radius 1 is 1.38 bits per heavy atom. The van der Waals surface area contributed by atoms with E-state index in [0.29, 0.717) is 0 Å². The predicted molar refractivity (Wildman–Crippen MR) is 70.2 cm³/mol. The third kappa shape index (κ3) is 3.76. The summed E-state index contributed by atoms with van der Waals surface area (Å²) in [6.07, 6.45) is -1.34. The summed E-state index contributed by atoms with van der Waals surface area (Å²) in [6, 6.07) is 8.53. The van der Waals surface area contributed by atoms with Crippen molar-refractivity contribution in [2.24, 2.45) is 0 Å². The average molecular weight is 312 g/mol. The van der Waals surface area contributed by atoms with Crippen molar-refractivity contribution in [1.82, 2.24) is 9.78 Å². The lowest BCUT2D eigenvalue weighted by Crippen LogP contribution is -2.14. The Hall–Kier alpha value is -2.47. The zero-order chi connectivity index (χ0) is 15.5. The van der Waals surface area contributed by atoms with Gasteiger partial charge in [-0.2, -0.15) is 10.4 Å². The highest BCUT2D eigenvalue weighted by molar-refractivity contribution is 7.92. The van der Waals surface area contributed by atoms with Gasteiger partial charge in [0.15, 0.2) is 5.82 Å². The number of halogens is 2. The first kappa shape index (κ1) is 14.9. The minimum absolute atomic E-state index is 0.0713. The summed E-state index contributed by atoms with van der Waals surface area (Å²) in [5.74, 6) is -0.0713. The fourth-order valence-corrected chi connectivity index (χ4v) is 2.63. The summed E-state index contributed by atoms with van der Waals surface area (Å²) < 4.78 is 51.6. The molecule has 0 fully saturated rings. The van der Waals surface area contributed by atoms with Crippen LogP contribution in [0, 0.1) is 11.3 Å². The molecule has 110 valence electrons. The third-order valence-corrected chi connectivity index (χ3v) is 3.83. The molecule has 0 saturated heterocycles. The maximum atomic E-state index is 12.2. The molecule has 9 heteroatoms. The van der Waals surface area contributed by atoms with Crippen LogP contribution in [0.5, 0.6) is 0 Å². The zero-order valence-corrected chi connectivity index (χ0v) is 11.4. The lowest BCUT2D eigenvalue weighted by atomic mass is 10.2. The molecule has 0 amide bonds. The van der Waals surface area contributed by atoms with Crippen LogP contribution < -0.4 is 4.72 Å². The van der Waals surface area contributed by atoms with Crippen LogP contribution in [0.25, 0.3) is 0 Å². The lowest BCUT2D eigenvalue weighted by molar-refractivity contribution is 0.122. The molecule has 1 aromatic heterocycles. The highest BCUT2D eigenvalue weighted by Gasteiger charge is 2.16. The van der Waals surface area contributed by atoms with Gasteiger partial charge < -0.3 is 0 Å². The number of benzene rings is 1. The Kier molecular flexibility index (Phi) is 4.18. The molecule has 0 saturated carbocycles. The van der Waals surface area contributed by atoms with Crippen molar-refractivity contribution in [2.75, 3.05) is 4.72 Å². The van der Waals surface area contributed by atoms with Crippen LogP contribution in [0.15, 0.2) is 41.4 Å². The fourth-order valence-electron chi connectivity index (χ4n) is 1.59. The van der Waals surface area contributed by atoms with E-state index in [9.17, 15) is 17.2 Å². The van der Waals surface area contributed by atoms with E-state index in [0.717, 1.165) is 4.68 Å². The molecule has 0 spiro atoms. The van der Waals surface area contributed by atoms with Crippen molar-refractivity contribution >= 4 is 15.8 Å². The Morgan fingerprint density at radius 3 is 2.81 bits per heavy atom. The van der Waals surface area contributed by atoms with Crippen LogP contribution in [0.2, 0.25) is 0 Å². The van der Waals surface area contributed by atoms with Crippen LogP contribution >= 0.6 is 0 Å². The smallest absolute Gasteiger partial charge is 0.263 e. The first-order valence-electron chi connectivity index (χ1n) is 5.75. The molecule has 0 aliphatic carbocycles. The Balaban J connectivity index is 2.21. The summed E-state index contributed by atoms with van der Waals surface area (Å²) in [5, 5.41) is 12.4. The number of nitrogens with one attached hydrogen (secondary N) is 1. The quantitative estimate of drug-likeness (QED) is 0.912. The highest BCUT2D eigenvalue weighted by Crippen LogP contribution is 2.15. The zero-order valence-electron chi connectivity index (χ0n) is 10.6. The second-order valence-corrected chi connectivity index (χ2v) is 5.74. The van der Waals surface area contributed by atoms with E-state index in [4.69, 9.17) is 5.26 Å². The standard InChI is InChI=1S/C12H10F2N4O2S/c13-11(14)8-18-5-4-12(16-18)17-21(19,20)10-3-1-2-9(6-10)7-15/h1-6,11H,8H2,(H,16,17). The van der Waals surface area contributed by atoms with Gasteiger partial charge in [0.1, 0.15) is 6.54 Å². The maximum Gasteiger partial charge on any atom is 0.263 e. The van der Waals surface area contributed by atoms with E-state index in [1.807, 2.05) is 6.07 Å². The molecule has 1 heterocycles. The van der Waals surface area contributed by atoms with Crippen LogP contribution in [0.3, 0.4) is 0 Å². The number of nitriles is 1.